The maximum atomic E-state index is 5.79. The average Bonchev–Trinajstić information content (AvgIpc) is 2.74. The van der Waals surface area contributed by atoms with E-state index in [2.05, 4.69) is 28.1 Å². The first-order chi connectivity index (χ1) is 8.52. The minimum absolute atomic E-state index is 0.00620. The highest BCUT2D eigenvalue weighted by Crippen LogP contribution is 2.36. The topological polar surface area (TPSA) is 22.4 Å². The van der Waals surface area contributed by atoms with Crippen molar-refractivity contribution in [3.63, 3.8) is 0 Å². The summed E-state index contributed by atoms with van der Waals surface area (Å²) >= 11 is 9.42. The molecular formula is C14H14BrClO2. The van der Waals surface area contributed by atoms with Crippen molar-refractivity contribution < 1.29 is 9.15 Å². The van der Waals surface area contributed by atoms with Crippen LogP contribution in [0.15, 0.2) is 28.7 Å². The van der Waals surface area contributed by atoms with Crippen LogP contribution >= 0.6 is 27.5 Å². The van der Waals surface area contributed by atoms with E-state index in [0.29, 0.717) is 5.22 Å². The molecule has 18 heavy (non-hydrogen) atoms. The Kier molecular flexibility index (Phi) is 4.03. The number of rotatable bonds is 3. The van der Waals surface area contributed by atoms with Crippen LogP contribution in [0.1, 0.15) is 27.3 Å². The second-order valence-electron chi connectivity index (χ2n) is 4.19. The van der Waals surface area contributed by atoms with Crippen molar-refractivity contribution >= 4 is 27.5 Å². The van der Waals surface area contributed by atoms with Gasteiger partial charge in [0.15, 0.2) is 5.22 Å². The predicted molar refractivity (Wildman–Crippen MR) is 77.0 cm³/mol. The largest absolute Gasteiger partial charge is 0.496 e. The number of hydrogen-bond donors (Lipinski definition) is 0. The lowest BCUT2D eigenvalue weighted by Gasteiger charge is -2.13. The van der Waals surface area contributed by atoms with Crippen molar-refractivity contribution in [2.24, 2.45) is 0 Å². The third kappa shape index (κ3) is 2.57. The third-order valence-corrected chi connectivity index (χ3v) is 4.01. The molecule has 1 unspecified atom stereocenters. The van der Waals surface area contributed by atoms with Crippen molar-refractivity contribution in [2.75, 3.05) is 7.11 Å². The van der Waals surface area contributed by atoms with Crippen LogP contribution in [0.3, 0.4) is 0 Å². The van der Waals surface area contributed by atoms with Gasteiger partial charge in [0, 0.05) is 0 Å². The highest BCUT2D eigenvalue weighted by Gasteiger charge is 2.16. The molecule has 1 aromatic carbocycles. The first kappa shape index (κ1) is 13.5. The fraction of sp³-hybridized carbons (Fsp3) is 0.286. The van der Waals surface area contributed by atoms with Gasteiger partial charge in [-0.05, 0) is 54.3 Å². The summed E-state index contributed by atoms with van der Waals surface area (Å²) < 4.78 is 10.8. The van der Waals surface area contributed by atoms with Crippen molar-refractivity contribution in [2.45, 2.75) is 18.7 Å². The van der Waals surface area contributed by atoms with Crippen LogP contribution in [0, 0.1) is 13.8 Å². The Labute approximate surface area is 120 Å². The molecule has 0 aliphatic rings. The molecule has 0 saturated carbocycles. The van der Waals surface area contributed by atoms with Gasteiger partial charge in [0.05, 0.1) is 11.9 Å². The van der Waals surface area contributed by atoms with Crippen LogP contribution in [0.5, 0.6) is 5.75 Å². The first-order valence-corrected chi connectivity index (χ1v) is 6.86. The highest BCUT2D eigenvalue weighted by molar-refractivity contribution is 9.09. The van der Waals surface area contributed by atoms with Crippen LogP contribution in [-0.4, -0.2) is 7.11 Å². The standard InChI is InChI=1S/C14H14BrClO2/c1-8-6-10(7-9(2)14(8)17-3)13(15)11-4-5-12(16)18-11/h4-7,13H,1-3H3. The molecule has 0 bridgehead atoms. The quantitative estimate of drug-likeness (QED) is 0.736. The van der Waals surface area contributed by atoms with Crippen LogP contribution in [0.2, 0.25) is 5.22 Å². The molecule has 1 aromatic heterocycles. The number of furan rings is 1. The molecule has 0 amide bonds. The summed E-state index contributed by atoms with van der Waals surface area (Å²) in [4.78, 5) is -0.00620. The fourth-order valence-corrected chi connectivity index (χ4v) is 2.74. The Hall–Kier alpha value is -0.930. The predicted octanol–water partition coefficient (Wildman–Crippen LogP) is 5.04. The van der Waals surface area contributed by atoms with E-state index >= 15 is 0 Å². The zero-order valence-corrected chi connectivity index (χ0v) is 12.8. The minimum Gasteiger partial charge on any atom is -0.496 e. The molecule has 0 aliphatic heterocycles. The number of alkyl halides is 1. The number of halogens is 2. The van der Waals surface area contributed by atoms with Crippen molar-refractivity contribution in [3.05, 3.63) is 51.9 Å². The van der Waals surface area contributed by atoms with Crippen LogP contribution in [0.25, 0.3) is 0 Å². The summed E-state index contributed by atoms with van der Waals surface area (Å²) in [5.74, 6) is 1.72. The molecule has 0 spiro atoms. The molecule has 0 radical (unpaired) electrons. The van der Waals surface area contributed by atoms with E-state index in [0.717, 1.165) is 28.2 Å². The zero-order chi connectivity index (χ0) is 13.3. The van der Waals surface area contributed by atoms with Crippen molar-refractivity contribution in [1.82, 2.24) is 0 Å². The monoisotopic (exact) mass is 328 g/mol. The molecule has 1 atom stereocenters. The van der Waals surface area contributed by atoms with E-state index in [1.54, 1.807) is 13.2 Å². The van der Waals surface area contributed by atoms with E-state index < -0.39 is 0 Å². The third-order valence-electron chi connectivity index (χ3n) is 2.82. The fourth-order valence-electron chi connectivity index (χ4n) is 2.08. The van der Waals surface area contributed by atoms with E-state index in [1.165, 1.54) is 0 Å². The summed E-state index contributed by atoms with van der Waals surface area (Å²) in [5.41, 5.74) is 3.33. The number of ether oxygens (including phenoxy) is 1. The molecule has 4 heteroatoms. The van der Waals surface area contributed by atoms with Gasteiger partial charge in [0.25, 0.3) is 0 Å². The maximum absolute atomic E-state index is 5.79. The molecule has 1 heterocycles. The number of aryl methyl sites for hydroxylation is 2. The Bertz CT molecular complexity index is 540. The van der Waals surface area contributed by atoms with Gasteiger partial charge in [0.1, 0.15) is 11.5 Å². The van der Waals surface area contributed by atoms with Gasteiger partial charge in [-0.3, -0.25) is 0 Å². The molecule has 0 saturated heterocycles. The van der Waals surface area contributed by atoms with Crippen LogP contribution in [-0.2, 0) is 0 Å². The maximum Gasteiger partial charge on any atom is 0.193 e. The van der Waals surface area contributed by atoms with Gasteiger partial charge in [0.2, 0.25) is 0 Å². The Morgan fingerprint density at radius 2 is 1.83 bits per heavy atom. The van der Waals surface area contributed by atoms with Gasteiger partial charge < -0.3 is 9.15 Å². The molecule has 2 aromatic rings. The lowest BCUT2D eigenvalue weighted by molar-refractivity contribution is 0.408. The van der Waals surface area contributed by atoms with E-state index in [4.69, 9.17) is 20.8 Å². The summed E-state index contributed by atoms with van der Waals surface area (Å²) in [5, 5.41) is 0.399. The van der Waals surface area contributed by atoms with Gasteiger partial charge in [-0.15, -0.1) is 0 Å². The molecule has 0 aliphatic carbocycles. The van der Waals surface area contributed by atoms with E-state index in [1.807, 2.05) is 19.9 Å². The second kappa shape index (κ2) is 5.37. The Morgan fingerprint density at radius 1 is 1.22 bits per heavy atom. The van der Waals surface area contributed by atoms with E-state index in [-0.39, 0.29) is 4.83 Å². The highest BCUT2D eigenvalue weighted by atomic mass is 79.9. The van der Waals surface area contributed by atoms with Gasteiger partial charge in [-0.1, -0.05) is 28.1 Å². The Morgan fingerprint density at radius 3 is 2.28 bits per heavy atom. The summed E-state index contributed by atoms with van der Waals surface area (Å²) in [6.45, 7) is 4.06. The van der Waals surface area contributed by atoms with Gasteiger partial charge in [-0.2, -0.15) is 0 Å². The molecule has 2 rings (SSSR count). The second-order valence-corrected chi connectivity index (χ2v) is 5.48. The Balaban J connectivity index is 2.40. The van der Waals surface area contributed by atoms with Crippen molar-refractivity contribution in [1.29, 1.82) is 0 Å². The number of benzene rings is 1. The lowest BCUT2D eigenvalue weighted by Crippen LogP contribution is -1.96. The number of methoxy groups -OCH3 is 1. The van der Waals surface area contributed by atoms with Crippen LogP contribution < -0.4 is 4.74 Å². The number of hydrogen-bond acceptors (Lipinski definition) is 2. The normalized spacial score (nSPS) is 12.5. The summed E-state index contributed by atoms with van der Waals surface area (Å²) in [7, 11) is 1.69. The van der Waals surface area contributed by atoms with Gasteiger partial charge in [-0.25, -0.2) is 0 Å². The van der Waals surface area contributed by atoms with Crippen molar-refractivity contribution in [3.8, 4) is 5.75 Å². The van der Waals surface area contributed by atoms with E-state index in [9.17, 15) is 0 Å². The molecule has 0 N–H and O–H groups in total. The summed E-state index contributed by atoms with van der Waals surface area (Å²) in [6, 6.07) is 7.79. The SMILES string of the molecule is COc1c(C)cc(C(Br)c2ccc(Cl)o2)cc1C. The average molecular weight is 330 g/mol. The molecular weight excluding hydrogens is 316 g/mol. The molecule has 2 nitrogen and oxygen atoms in total. The zero-order valence-electron chi connectivity index (χ0n) is 10.5. The van der Waals surface area contributed by atoms with Crippen LogP contribution in [0.4, 0.5) is 0 Å². The lowest BCUT2D eigenvalue weighted by atomic mass is 10.0. The smallest absolute Gasteiger partial charge is 0.193 e. The minimum atomic E-state index is -0.00620. The summed E-state index contributed by atoms with van der Waals surface area (Å²) in [6.07, 6.45) is 0. The molecule has 0 fully saturated rings. The van der Waals surface area contributed by atoms with Gasteiger partial charge >= 0.3 is 0 Å². The molecule has 96 valence electrons. The first-order valence-electron chi connectivity index (χ1n) is 5.57.